The molecule has 0 aromatic heterocycles. The molecule has 0 radical (unpaired) electrons. The van der Waals surface area contributed by atoms with Crippen molar-refractivity contribution in [3.63, 3.8) is 0 Å². The average Bonchev–Trinajstić information content (AvgIpc) is 3.52. The number of fused-ring (bicyclic) bond motifs is 1. The first kappa shape index (κ1) is 33.3. The third-order valence-electron chi connectivity index (χ3n) is 8.47. The van der Waals surface area contributed by atoms with Crippen LogP contribution in [-0.4, -0.2) is 99.6 Å². The fourth-order valence-electron chi connectivity index (χ4n) is 6.46. The Balaban J connectivity index is 1.94. The summed E-state index contributed by atoms with van der Waals surface area (Å²) in [4.78, 5) is 57.1. The summed E-state index contributed by atoms with van der Waals surface area (Å²) >= 11 is 3.67. The number of alkyl halides is 1. The van der Waals surface area contributed by atoms with Crippen LogP contribution in [0.1, 0.15) is 59.8 Å². The lowest BCUT2D eigenvalue weighted by molar-refractivity contribution is -0.160. The molecule has 11 heteroatoms. The quantitative estimate of drug-likeness (QED) is 0.151. The summed E-state index contributed by atoms with van der Waals surface area (Å²) < 4.78 is 12.3. The van der Waals surface area contributed by atoms with E-state index in [1.54, 1.807) is 24.0 Å². The summed E-state index contributed by atoms with van der Waals surface area (Å²) in [7, 11) is 0. The third kappa shape index (κ3) is 6.57. The predicted molar refractivity (Wildman–Crippen MR) is 158 cm³/mol. The number of carbonyl (C=O) groups excluding carboxylic acids is 4. The second-order valence-electron chi connectivity index (χ2n) is 11.7. The van der Waals surface area contributed by atoms with Gasteiger partial charge in [0, 0.05) is 24.3 Å². The molecule has 2 bridgehead atoms. The second-order valence-corrected chi connectivity index (χ2v) is 12.9. The molecule has 1 spiro atoms. The van der Waals surface area contributed by atoms with Crippen LogP contribution in [0.25, 0.3) is 0 Å². The summed E-state index contributed by atoms with van der Waals surface area (Å²) in [6.07, 6.45) is 4.90. The van der Waals surface area contributed by atoms with E-state index in [-0.39, 0.29) is 41.6 Å². The third-order valence-corrected chi connectivity index (χ3v) is 9.31. The number of nitrogens with zero attached hydrogens (tertiary/aromatic N) is 2. The van der Waals surface area contributed by atoms with E-state index in [4.69, 9.17) is 9.47 Å². The maximum atomic E-state index is 14.3. The zero-order valence-electron chi connectivity index (χ0n) is 24.7. The van der Waals surface area contributed by atoms with Gasteiger partial charge in [0.15, 0.2) is 0 Å². The number of carbonyl (C=O) groups is 4. The van der Waals surface area contributed by atoms with Crippen molar-refractivity contribution in [2.45, 2.75) is 94.5 Å². The molecule has 10 nitrogen and oxygen atoms in total. The Bertz CT molecular complexity index is 1010. The molecule has 3 saturated heterocycles. The number of halogens is 1. The first-order valence-electron chi connectivity index (χ1n) is 14.7. The van der Waals surface area contributed by atoms with Gasteiger partial charge in [0.25, 0.3) is 0 Å². The molecule has 3 fully saturated rings. The monoisotopic (exact) mass is 639 g/mol. The molecule has 41 heavy (non-hydrogen) atoms. The lowest BCUT2D eigenvalue weighted by Crippen LogP contribution is -2.60. The van der Waals surface area contributed by atoms with E-state index in [1.165, 1.54) is 4.90 Å². The number of allylic oxidation sites excluding steroid dienone is 1. The largest absolute Gasteiger partial charge is 0.460 e. The number of hydrogen-bond donors (Lipinski definition) is 2. The molecule has 8 atom stereocenters. The van der Waals surface area contributed by atoms with Crippen molar-refractivity contribution in [1.82, 2.24) is 15.1 Å². The van der Waals surface area contributed by atoms with Gasteiger partial charge in [-0.1, -0.05) is 55.3 Å². The van der Waals surface area contributed by atoms with E-state index in [1.807, 2.05) is 20.8 Å². The Kier molecular flexibility index (Phi) is 11.6. The van der Waals surface area contributed by atoms with Crippen LogP contribution >= 0.6 is 15.9 Å². The minimum atomic E-state index is -1.24. The lowest BCUT2D eigenvalue weighted by Gasteiger charge is -2.40. The van der Waals surface area contributed by atoms with Crippen molar-refractivity contribution in [3.05, 3.63) is 25.3 Å². The summed E-state index contributed by atoms with van der Waals surface area (Å²) in [5.41, 5.74) is -1.24. The molecule has 0 aromatic rings. The zero-order chi connectivity index (χ0) is 30.5. The van der Waals surface area contributed by atoms with Crippen LogP contribution in [0.2, 0.25) is 0 Å². The number of unbranched alkanes of at least 4 members (excludes halogenated alkanes) is 1. The molecule has 3 rings (SSSR count). The highest BCUT2D eigenvalue weighted by molar-refractivity contribution is 9.09. The van der Waals surface area contributed by atoms with Crippen LogP contribution in [-0.2, 0) is 28.7 Å². The normalized spacial score (nSPS) is 29.7. The number of aliphatic hydroxyl groups is 1. The molecule has 2 N–H and O–H groups in total. The minimum absolute atomic E-state index is 0.128. The van der Waals surface area contributed by atoms with Crippen LogP contribution in [0, 0.1) is 17.8 Å². The summed E-state index contributed by atoms with van der Waals surface area (Å²) in [5, 5.41) is 13.1. The van der Waals surface area contributed by atoms with Crippen LogP contribution in [0.4, 0.5) is 0 Å². The van der Waals surface area contributed by atoms with Crippen LogP contribution in [0.15, 0.2) is 25.3 Å². The number of hydrogen-bond acceptors (Lipinski definition) is 7. The van der Waals surface area contributed by atoms with E-state index in [2.05, 4.69) is 34.4 Å². The first-order chi connectivity index (χ1) is 19.5. The van der Waals surface area contributed by atoms with Crippen molar-refractivity contribution < 1.29 is 33.8 Å². The lowest BCUT2D eigenvalue weighted by atomic mass is 9.70. The average molecular weight is 641 g/mol. The van der Waals surface area contributed by atoms with E-state index in [0.29, 0.717) is 32.4 Å². The summed E-state index contributed by atoms with van der Waals surface area (Å²) in [6.45, 7) is 15.5. The molecule has 0 saturated carbocycles. The van der Waals surface area contributed by atoms with Gasteiger partial charge in [0.1, 0.15) is 17.7 Å². The zero-order valence-corrected chi connectivity index (χ0v) is 26.3. The van der Waals surface area contributed by atoms with Crippen LogP contribution in [0.3, 0.4) is 0 Å². The Morgan fingerprint density at radius 2 is 2.00 bits per heavy atom. The van der Waals surface area contributed by atoms with E-state index < -0.39 is 47.7 Å². The Hall–Kier alpha value is -2.24. The molecule has 3 heterocycles. The summed E-state index contributed by atoms with van der Waals surface area (Å²) in [5.74, 6) is -3.42. The molecule has 3 aliphatic rings. The smallest absolute Gasteiger partial charge is 0.312 e. The fraction of sp³-hybridized carbons (Fsp3) is 0.733. The van der Waals surface area contributed by atoms with Gasteiger partial charge in [-0.2, -0.15) is 0 Å². The predicted octanol–water partition coefficient (Wildman–Crippen LogP) is 2.58. The van der Waals surface area contributed by atoms with Gasteiger partial charge >= 0.3 is 5.97 Å². The van der Waals surface area contributed by atoms with Gasteiger partial charge in [0.05, 0.1) is 37.1 Å². The molecule has 0 aliphatic carbocycles. The van der Waals surface area contributed by atoms with Crippen LogP contribution in [0.5, 0.6) is 0 Å². The Morgan fingerprint density at radius 1 is 1.29 bits per heavy atom. The highest BCUT2D eigenvalue weighted by Gasteiger charge is 2.77. The number of likely N-dealkylation sites (tertiary alicyclic amines) is 1. The van der Waals surface area contributed by atoms with Gasteiger partial charge in [-0.25, -0.2) is 0 Å². The van der Waals surface area contributed by atoms with Crippen molar-refractivity contribution in [2.75, 3.05) is 26.2 Å². The van der Waals surface area contributed by atoms with Crippen molar-refractivity contribution in [3.8, 4) is 0 Å². The molecule has 3 amide bonds. The van der Waals surface area contributed by atoms with E-state index in [0.717, 1.165) is 12.8 Å². The summed E-state index contributed by atoms with van der Waals surface area (Å²) in [6, 6.07) is -1.63. The standard InChI is InChI=1S/C30H46BrN3O7/c1-7-10-12-22(36)32-16-19(6)40-29(39)23-24-27(37)34(21(17-35)18(4)5)26(30(24)15-20(31)25(23)41-30)28(38)33(13-9-3)14-11-8-2/h7,9,18-21,23-26,35H,1,3,8,10-17H2,2,4-6H3,(H,32,36)/t19-,20?,21-,23-,24+,25-,26-,30+/m0/s1. The molecule has 1 unspecified atom stereocenters. The second kappa shape index (κ2) is 14.3. The van der Waals surface area contributed by atoms with E-state index in [9.17, 15) is 24.3 Å². The van der Waals surface area contributed by atoms with E-state index >= 15 is 0 Å². The van der Waals surface area contributed by atoms with Crippen molar-refractivity contribution in [2.24, 2.45) is 17.8 Å². The number of esters is 1. The SMILES string of the molecule is C=CCCC(=O)NC[C@H](C)OC(=O)[C@@H]1[C@H]2O[C@@]3(CC2Br)[C@H](C(=O)N(CC=C)CCCC)N([C@@H](CO)C(C)C)C(=O)[C@@H]13. The number of rotatable bonds is 16. The highest BCUT2D eigenvalue weighted by atomic mass is 79.9. The Labute approximate surface area is 252 Å². The fourth-order valence-corrected chi connectivity index (χ4v) is 7.40. The van der Waals surface area contributed by atoms with Gasteiger partial charge in [-0.05, 0) is 32.1 Å². The van der Waals surface area contributed by atoms with Gasteiger partial charge in [-0.15, -0.1) is 13.2 Å². The number of aliphatic hydroxyl groups excluding tert-OH is 1. The highest BCUT2D eigenvalue weighted by Crippen LogP contribution is 2.61. The minimum Gasteiger partial charge on any atom is -0.460 e. The van der Waals surface area contributed by atoms with Gasteiger partial charge in [-0.3, -0.25) is 19.2 Å². The molecular formula is C30H46BrN3O7. The topological polar surface area (TPSA) is 125 Å². The van der Waals surface area contributed by atoms with Crippen molar-refractivity contribution >= 4 is 39.6 Å². The number of ether oxygens (including phenoxy) is 2. The molecule has 230 valence electrons. The molecule has 0 aromatic carbocycles. The van der Waals surface area contributed by atoms with Crippen molar-refractivity contribution in [1.29, 1.82) is 0 Å². The van der Waals surface area contributed by atoms with Gasteiger partial charge < -0.3 is 29.7 Å². The first-order valence-corrected chi connectivity index (χ1v) is 15.6. The number of amides is 3. The molecule has 3 aliphatic heterocycles. The van der Waals surface area contributed by atoms with Gasteiger partial charge in [0.2, 0.25) is 17.7 Å². The van der Waals surface area contributed by atoms with Crippen LogP contribution < -0.4 is 5.32 Å². The Morgan fingerprint density at radius 3 is 2.59 bits per heavy atom. The maximum absolute atomic E-state index is 14.3. The number of nitrogens with one attached hydrogen (secondary N) is 1. The molecular weight excluding hydrogens is 594 g/mol. The maximum Gasteiger partial charge on any atom is 0.312 e.